The molecule has 6 heteroatoms. The lowest BCUT2D eigenvalue weighted by Gasteiger charge is -2.12. The minimum Gasteiger partial charge on any atom is -0.327 e. The van der Waals surface area contributed by atoms with E-state index < -0.39 is 11.6 Å². The number of aryl methyl sites for hydroxylation is 2. The molecule has 1 unspecified atom stereocenters. The van der Waals surface area contributed by atoms with Crippen molar-refractivity contribution in [3.8, 4) is 0 Å². The van der Waals surface area contributed by atoms with Crippen LogP contribution < -0.4 is 5.73 Å². The van der Waals surface area contributed by atoms with Gasteiger partial charge in [0.05, 0.1) is 5.69 Å². The topological polar surface area (TPSA) is 43.8 Å². The molecule has 1 aromatic heterocycles. The number of nitrogens with zero attached hydrogens (tertiary/aromatic N) is 2. The van der Waals surface area contributed by atoms with Gasteiger partial charge in [0.15, 0.2) is 11.6 Å². The molecule has 0 aliphatic heterocycles. The molecule has 1 atom stereocenters. The number of nitrogens with two attached hydrogens (primary N) is 1. The molecule has 0 aliphatic carbocycles. The van der Waals surface area contributed by atoms with Gasteiger partial charge in [0, 0.05) is 18.7 Å². The maximum Gasteiger partial charge on any atom is 0.159 e. The highest BCUT2D eigenvalue weighted by Crippen LogP contribution is 2.21. The minimum atomic E-state index is -0.856. The standard InChI is InChI=1S/C14H16ClF2N3/c1-8-11(14(15)20(2)19-8)7-10(18)5-9-3-4-12(16)13(17)6-9/h3-4,6,10H,5,7,18H2,1-2H3. The summed E-state index contributed by atoms with van der Waals surface area (Å²) < 4.78 is 27.6. The first-order chi connectivity index (χ1) is 9.38. The van der Waals surface area contributed by atoms with E-state index in [0.717, 1.165) is 17.3 Å². The molecule has 0 saturated heterocycles. The molecule has 0 fully saturated rings. The van der Waals surface area contributed by atoms with E-state index in [1.165, 1.54) is 12.1 Å². The molecule has 108 valence electrons. The van der Waals surface area contributed by atoms with Gasteiger partial charge < -0.3 is 5.73 Å². The Labute approximate surface area is 121 Å². The molecule has 0 amide bonds. The quantitative estimate of drug-likeness (QED) is 0.943. The van der Waals surface area contributed by atoms with Crippen molar-refractivity contribution in [2.45, 2.75) is 25.8 Å². The van der Waals surface area contributed by atoms with Gasteiger partial charge in [0.2, 0.25) is 0 Å². The lowest BCUT2D eigenvalue weighted by Crippen LogP contribution is -2.26. The van der Waals surface area contributed by atoms with Crippen molar-refractivity contribution in [2.75, 3.05) is 0 Å². The molecule has 0 aliphatic rings. The monoisotopic (exact) mass is 299 g/mol. The van der Waals surface area contributed by atoms with Gasteiger partial charge in [-0.3, -0.25) is 4.68 Å². The van der Waals surface area contributed by atoms with Crippen LogP contribution in [0.15, 0.2) is 18.2 Å². The summed E-state index contributed by atoms with van der Waals surface area (Å²) in [5.74, 6) is -1.71. The third kappa shape index (κ3) is 3.16. The molecule has 0 saturated carbocycles. The maximum atomic E-state index is 13.1. The molecule has 2 rings (SSSR count). The fraction of sp³-hybridized carbons (Fsp3) is 0.357. The predicted molar refractivity (Wildman–Crippen MR) is 74.7 cm³/mol. The first-order valence-corrected chi connectivity index (χ1v) is 6.63. The number of benzene rings is 1. The van der Waals surface area contributed by atoms with Crippen LogP contribution in [0.5, 0.6) is 0 Å². The normalized spacial score (nSPS) is 12.7. The SMILES string of the molecule is Cc1nn(C)c(Cl)c1CC(N)Cc1ccc(F)c(F)c1. The molecule has 1 heterocycles. The van der Waals surface area contributed by atoms with E-state index in [1.807, 2.05) is 6.92 Å². The van der Waals surface area contributed by atoms with Crippen LogP contribution in [-0.2, 0) is 19.9 Å². The number of halogens is 3. The van der Waals surface area contributed by atoms with E-state index in [-0.39, 0.29) is 6.04 Å². The molecule has 0 bridgehead atoms. The minimum absolute atomic E-state index is 0.236. The van der Waals surface area contributed by atoms with Crippen LogP contribution in [0, 0.1) is 18.6 Å². The zero-order valence-electron chi connectivity index (χ0n) is 11.3. The highest BCUT2D eigenvalue weighted by atomic mass is 35.5. The summed E-state index contributed by atoms with van der Waals surface area (Å²) in [6.07, 6.45) is 0.985. The van der Waals surface area contributed by atoms with Gasteiger partial charge in [-0.1, -0.05) is 17.7 Å². The second-order valence-corrected chi connectivity index (χ2v) is 5.25. The Hall–Kier alpha value is -1.46. The molecule has 1 aromatic carbocycles. The van der Waals surface area contributed by atoms with Crippen molar-refractivity contribution in [1.29, 1.82) is 0 Å². The third-order valence-electron chi connectivity index (χ3n) is 3.22. The van der Waals surface area contributed by atoms with E-state index in [0.29, 0.717) is 23.6 Å². The number of hydrogen-bond donors (Lipinski definition) is 1. The summed E-state index contributed by atoms with van der Waals surface area (Å²) in [6, 6.07) is 3.59. The van der Waals surface area contributed by atoms with Gasteiger partial charge in [0.1, 0.15) is 5.15 Å². The van der Waals surface area contributed by atoms with E-state index >= 15 is 0 Å². The van der Waals surface area contributed by atoms with Crippen molar-refractivity contribution < 1.29 is 8.78 Å². The molecule has 2 aromatic rings. The van der Waals surface area contributed by atoms with Gasteiger partial charge in [-0.05, 0) is 37.5 Å². The summed E-state index contributed by atoms with van der Waals surface area (Å²) in [6.45, 7) is 1.87. The lowest BCUT2D eigenvalue weighted by atomic mass is 10.00. The summed E-state index contributed by atoms with van der Waals surface area (Å²) in [5.41, 5.74) is 8.45. The molecule has 2 N–H and O–H groups in total. The van der Waals surface area contributed by atoms with Crippen LogP contribution in [0.3, 0.4) is 0 Å². The van der Waals surface area contributed by atoms with Gasteiger partial charge in [-0.2, -0.15) is 5.10 Å². The second-order valence-electron chi connectivity index (χ2n) is 4.90. The van der Waals surface area contributed by atoms with Crippen molar-refractivity contribution in [3.63, 3.8) is 0 Å². The maximum absolute atomic E-state index is 13.1. The van der Waals surface area contributed by atoms with E-state index in [2.05, 4.69) is 5.10 Å². The summed E-state index contributed by atoms with van der Waals surface area (Å²) in [7, 11) is 1.76. The Morgan fingerprint density at radius 1 is 1.30 bits per heavy atom. The van der Waals surface area contributed by atoms with Crippen LogP contribution in [0.25, 0.3) is 0 Å². The first-order valence-electron chi connectivity index (χ1n) is 6.26. The fourth-order valence-corrected chi connectivity index (χ4v) is 2.46. The third-order valence-corrected chi connectivity index (χ3v) is 3.69. The summed E-state index contributed by atoms with van der Waals surface area (Å²) in [5, 5.41) is 4.77. The van der Waals surface area contributed by atoms with E-state index in [4.69, 9.17) is 17.3 Å². The molecular formula is C14H16ClF2N3. The van der Waals surface area contributed by atoms with E-state index in [1.54, 1.807) is 11.7 Å². The Morgan fingerprint density at radius 3 is 2.55 bits per heavy atom. The zero-order chi connectivity index (χ0) is 14.9. The number of hydrogen-bond acceptors (Lipinski definition) is 2. The summed E-state index contributed by atoms with van der Waals surface area (Å²) in [4.78, 5) is 0. The number of aromatic nitrogens is 2. The predicted octanol–water partition coefficient (Wildman–Crippen LogP) is 2.77. The largest absolute Gasteiger partial charge is 0.327 e. The lowest BCUT2D eigenvalue weighted by molar-refractivity contribution is 0.506. The second kappa shape index (κ2) is 5.89. The van der Waals surface area contributed by atoms with Gasteiger partial charge in [-0.15, -0.1) is 0 Å². The summed E-state index contributed by atoms with van der Waals surface area (Å²) >= 11 is 6.14. The highest BCUT2D eigenvalue weighted by Gasteiger charge is 2.15. The Morgan fingerprint density at radius 2 is 2.00 bits per heavy atom. The van der Waals surface area contributed by atoms with E-state index in [9.17, 15) is 8.78 Å². The highest BCUT2D eigenvalue weighted by molar-refractivity contribution is 6.30. The Balaban J connectivity index is 2.08. The number of rotatable bonds is 4. The van der Waals surface area contributed by atoms with Crippen LogP contribution >= 0.6 is 11.6 Å². The molecule has 3 nitrogen and oxygen atoms in total. The van der Waals surface area contributed by atoms with Crippen molar-refractivity contribution in [3.05, 3.63) is 51.8 Å². The van der Waals surface area contributed by atoms with Crippen LogP contribution in [0.2, 0.25) is 5.15 Å². The Kier molecular flexibility index (Phi) is 4.40. The van der Waals surface area contributed by atoms with Gasteiger partial charge in [0.25, 0.3) is 0 Å². The van der Waals surface area contributed by atoms with Crippen LogP contribution in [0.1, 0.15) is 16.8 Å². The Bertz CT molecular complexity index is 625. The average Bonchev–Trinajstić information content (AvgIpc) is 2.61. The van der Waals surface area contributed by atoms with Crippen LogP contribution in [0.4, 0.5) is 8.78 Å². The van der Waals surface area contributed by atoms with Crippen molar-refractivity contribution >= 4 is 11.6 Å². The fourth-order valence-electron chi connectivity index (χ4n) is 2.21. The first kappa shape index (κ1) is 14.9. The average molecular weight is 300 g/mol. The zero-order valence-corrected chi connectivity index (χ0v) is 12.1. The smallest absolute Gasteiger partial charge is 0.159 e. The molecule has 0 spiro atoms. The van der Waals surface area contributed by atoms with Crippen molar-refractivity contribution in [2.24, 2.45) is 12.8 Å². The molecular weight excluding hydrogens is 284 g/mol. The van der Waals surface area contributed by atoms with Gasteiger partial charge >= 0.3 is 0 Å². The molecule has 0 radical (unpaired) electrons. The van der Waals surface area contributed by atoms with Crippen molar-refractivity contribution in [1.82, 2.24) is 9.78 Å². The molecule has 20 heavy (non-hydrogen) atoms. The van der Waals surface area contributed by atoms with Gasteiger partial charge in [-0.25, -0.2) is 8.78 Å². The van der Waals surface area contributed by atoms with Crippen LogP contribution in [-0.4, -0.2) is 15.8 Å².